The van der Waals surface area contributed by atoms with Crippen molar-refractivity contribution in [2.45, 2.75) is 35.8 Å². The summed E-state index contributed by atoms with van der Waals surface area (Å²) < 4.78 is 29.1. The lowest BCUT2D eigenvalue weighted by atomic mass is 10.2. The largest absolute Gasteiger partial charge is 0.310 e. The molecule has 1 amide bonds. The molecule has 0 fully saturated rings. The van der Waals surface area contributed by atoms with Crippen molar-refractivity contribution in [1.29, 1.82) is 0 Å². The molecule has 0 aliphatic carbocycles. The lowest BCUT2D eigenvalue weighted by Crippen LogP contribution is -2.37. The van der Waals surface area contributed by atoms with Gasteiger partial charge in [-0.15, -0.1) is 11.8 Å². The van der Waals surface area contributed by atoms with Gasteiger partial charge in [-0.3, -0.25) is 9.52 Å². The summed E-state index contributed by atoms with van der Waals surface area (Å²) in [4.78, 5) is 14.7. The first kappa shape index (κ1) is 19.3. The maximum absolute atomic E-state index is 12.8. The van der Waals surface area contributed by atoms with Crippen molar-refractivity contribution in [2.75, 3.05) is 16.2 Å². The van der Waals surface area contributed by atoms with Crippen molar-refractivity contribution in [1.82, 2.24) is 0 Å². The van der Waals surface area contributed by atoms with Gasteiger partial charge in [-0.05, 0) is 48.9 Å². The van der Waals surface area contributed by atoms with E-state index in [0.717, 1.165) is 14.9 Å². The van der Waals surface area contributed by atoms with E-state index in [1.807, 2.05) is 13.8 Å². The fourth-order valence-corrected chi connectivity index (χ4v) is 5.21. The zero-order chi connectivity index (χ0) is 19.1. The molecule has 2 aromatic rings. The number of hydrogen-bond acceptors (Lipinski definition) is 4. The van der Waals surface area contributed by atoms with Crippen LogP contribution in [0.1, 0.15) is 19.4 Å². The van der Waals surface area contributed by atoms with Gasteiger partial charge in [0.2, 0.25) is 5.91 Å². The number of nitrogens with one attached hydrogen (secondary N) is 1. The quantitative estimate of drug-likeness (QED) is 0.745. The molecule has 0 aromatic heterocycles. The molecular weight excluding hydrogens is 436 g/mol. The lowest BCUT2D eigenvalue weighted by molar-refractivity contribution is -0.116. The highest BCUT2D eigenvalue weighted by Gasteiger charge is 2.27. The first-order chi connectivity index (χ1) is 12.2. The molecule has 0 saturated carbocycles. The van der Waals surface area contributed by atoms with Crippen LogP contribution in [0, 0.1) is 6.92 Å². The third kappa shape index (κ3) is 3.92. The number of halogens is 1. The van der Waals surface area contributed by atoms with Crippen LogP contribution in [0.2, 0.25) is 0 Å². The molecule has 8 heteroatoms. The van der Waals surface area contributed by atoms with Gasteiger partial charge in [0.1, 0.15) is 0 Å². The average Bonchev–Trinajstić information content (AvgIpc) is 2.56. The van der Waals surface area contributed by atoms with Gasteiger partial charge in [-0.1, -0.05) is 22.9 Å². The maximum atomic E-state index is 12.8. The molecule has 1 aliphatic heterocycles. The number of fused-ring (bicyclic) bond motifs is 1. The van der Waals surface area contributed by atoms with Gasteiger partial charge in [-0.2, -0.15) is 0 Å². The molecule has 1 heterocycles. The summed E-state index contributed by atoms with van der Waals surface area (Å²) in [6, 6.07) is 10.2. The minimum Gasteiger partial charge on any atom is -0.310 e. The highest BCUT2D eigenvalue weighted by Crippen LogP contribution is 2.40. The minimum atomic E-state index is -3.75. The minimum absolute atomic E-state index is 0.0931. The number of carbonyl (C=O) groups is 1. The van der Waals surface area contributed by atoms with E-state index in [-0.39, 0.29) is 16.1 Å². The molecule has 5 nitrogen and oxygen atoms in total. The van der Waals surface area contributed by atoms with E-state index in [1.165, 1.54) is 6.92 Å². The molecule has 1 unspecified atom stereocenters. The molecule has 1 atom stereocenters. The van der Waals surface area contributed by atoms with Crippen LogP contribution in [0.4, 0.5) is 11.4 Å². The van der Waals surface area contributed by atoms with Crippen LogP contribution >= 0.6 is 27.7 Å². The maximum Gasteiger partial charge on any atom is 0.261 e. The van der Waals surface area contributed by atoms with Gasteiger partial charge in [-0.25, -0.2) is 8.42 Å². The Morgan fingerprint density at radius 3 is 2.65 bits per heavy atom. The van der Waals surface area contributed by atoms with Gasteiger partial charge in [0.05, 0.1) is 10.6 Å². The summed E-state index contributed by atoms with van der Waals surface area (Å²) >= 11 is 5.05. The second-order valence-corrected chi connectivity index (χ2v) is 10.3. The molecule has 26 heavy (non-hydrogen) atoms. The number of thioether (sulfide) groups is 1. The third-order valence-corrected chi connectivity index (χ3v) is 7.51. The van der Waals surface area contributed by atoms with Crippen molar-refractivity contribution in [3.63, 3.8) is 0 Å². The first-order valence-electron chi connectivity index (χ1n) is 8.05. The van der Waals surface area contributed by atoms with E-state index in [2.05, 4.69) is 20.7 Å². The van der Waals surface area contributed by atoms with Crippen molar-refractivity contribution < 1.29 is 13.2 Å². The van der Waals surface area contributed by atoms with Crippen LogP contribution in [0.15, 0.2) is 50.7 Å². The molecule has 1 N–H and O–H groups in total. The van der Waals surface area contributed by atoms with Crippen LogP contribution in [0.25, 0.3) is 0 Å². The number of anilines is 2. The second-order valence-electron chi connectivity index (χ2n) is 6.26. The summed E-state index contributed by atoms with van der Waals surface area (Å²) in [7, 11) is -3.75. The fourth-order valence-electron chi connectivity index (χ4n) is 2.80. The molecule has 138 valence electrons. The molecule has 2 aromatic carbocycles. The molecule has 1 aliphatic rings. The summed E-state index contributed by atoms with van der Waals surface area (Å²) in [5.41, 5.74) is 2.08. The average molecular weight is 455 g/mol. The molecular formula is C18H19BrN2O3S2. The number of carbonyl (C=O) groups excluding carboxylic acids is 1. The van der Waals surface area contributed by atoms with Gasteiger partial charge in [0.25, 0.3) is 10.0 Å². The van der Waals surface area contributed by atoms with E-state index < -0.39 is 10.0 Å². The Morgan fingerprint density at radius 2 is 2.00 bits per heavy atom. The Labute approximate surface area is 166 Å². The van der Waals surface area contributed by atoms with Gasteiger partial charge >= 0.3 is 0 Å². The number of hydrogen-bond donors (Lipinski definition) is 1. The number of aryl methyl sites for hydroxylation is 1. The lowest BCUT2D eigenvalue weighted by Gasteiger charge is -2.32. The number of amides is 1. The van der Waals surface area contributed by atoms with Crippen molar-refractivity contribution in [3.8, 4) is 0 Å². The Kier molecular flexibility index (Phi) is 5.37. The van der Waals surface area contributed by atoms with E-state index in [0.29, 0.717) is 17.9 Å². The monoisotopic (exact) mass is 454 g/mol. The van der Waals surface area contributed by atoms with Gasteiger partial charge < -0.3 is 4.90 Å². The number of benzene rings is 2. The molecule has 0 spiro atoms. The molecule has 0 radical (unpaired) electrons. The Balaban J connectivity index is 1.97. The molecule has 0 saturated heterocycles. The highest BCUT2D eigenvalue weighted by molar-refractivity contribution is 9.10. The van der Waals surface area contributed by atoms with Crippen molar-refractivity contribution >= 4 is 55.0 Å². The van der Waals surface area contributed by atoms with Crippen LogP contribution in [0.3, 0.4) is 0 Å². The number of nitrogens with zero attached hydrogens (tertiary/aromatic N) is 1. The van der Waals surface area contributed by atoms with Crippen LogP contribution in [-0.2, 0) is 14.8 Å². The Bertz CT molecular complexity index is 976. The van der Waals surface area contributed by atoms with Crippen molar-refractivity contribution in [3.05, 3.63) is 46.4 Å². The van der Waals surface area contributed by atoms with Crippen LogP contribution in [0.5, 0.6) is 0 Å². The fraction of sp³-hybridized carbons (Fsp3) is 0.278. The van der Waals surface area contributed by atoms with E-state index in [4.69, 9.17) is 0 Å². The zero-order valence-electron chi connectivity index (χ0n) is 14.6. The standard InChI is InChI=1S/C18H19BrN2O3S2/c1-11-8-14(4-6-16(11)19)20-26(23,24)15-5-7-18-17(9-15)21(13(3)22)10-12(2)25-18/h4-9,12,20H,10H2,1-3H3. The van der Waals surface area contributed by atoms with E-state index in [9.17, 15) is 13.2 Å². The Hall–Kier alpha value is -1.51. The van der Waals surface area contributed by atoms with Gasteiger partial charge in [0.15, 0.2) is 0 Å². The second kappa shape index (κ2) is 7.25. The number of rotatable bonds is 3. The molecule has 3 rings (SSSR count). The van der Waals surface area contributed by atoms with Crippen LogP contribution in [-0.4, -0.2) is 26.1 Å². The van der Waals surface area contributed by atoms with E-state index in [1.54, 1.807) is 53.1 Å². The highest BCUT2D eigenvalue weighted by atomic mass is 79.9. The number of sulfonamides is 1. The smallest absolute Gasteiger partial charge is 0.261 e. The van der Waals surface area contributed by atoms with E-state index >= 15 is 0 Å². The summed E-state index contributed by atoms with van der Waals surface area (Å²) in [5, 5.41) is 0.262. The summed E-state index contributed by atoms with van der Waals surface area (Å²) in [6.45, 7) is 6.00. The zero-order valence-corrected chi connectivity index (χ0v) is 17.8. The van der Waals surface area contributed by atoms with Crippen LogP contribution < -0.4 is 9.62 Å². The van der Waals surface area contributed by atoms with Gasteiger partial charge in [0, 0.05) is 33.8 Å². The first-order valence-corrected chi connectivity index (χ1v) is 11.2. The predicted molar refractivity (Wildman–Crippen MR) is 109 cm³/mol. The summed E-state index contributed by atoms with van der Waals surface area (Å²) in [5.74, 6) is -0.0931. The van der Waals surface area contributed by atoms with Crippen molar-refractivity contribution in [2.24, 2.45) is 0 Å². The SMILES string of the molecule is CC(=O)N1CC(C)Sc2ccc(S(=O)(=O)Nc3ccc(Br)c(C)c3)cc21. The molecule has 0 bridgehead atoms. The predicted octanol–water partition coefficient (Wildman–Crippen LogP) is 4.41. The summed E-state index contributed by atoms with van der Waals surface area (Å²) in [6.07, 6.45) is 0. The normalized spacial score (nSPS) is 16.9. The third-order valence-electron chi connectivity index (χ3n) is 4.09. The Morgan fingerprint density at radius 1 is 1.27 bits per heavy atom. The topological polar surface area (TPSA) is 66.5 Å².